The van der Waals surface area contributed by atoms with Crippen LogP contribution in [0.25, 0.3) is 0 Å². The monoisotopic (exact) mass is 407 g/mol. The van der Waals surface area contributed by atoms with Gasteiger partial charge in [-0.15, -0.1) is 0 Å². The SMILES string of the molecule is Cc1ccccc1C(=O)N1CCC(CCCCNC(=O)NCc2ccccc2)CC1. The Morgan fingerprint density at radius 3 is 2.37 bits per heavy atom. The molecule has 3 rings (SSSR count). The van der Waals surface area contributed by atoms with Crippen molar-refractivity contribution in [3.8, 4) is 0 Å². The molecule has 1 aliphatic rings. The summed E-state index contributed by atoms with van der Waals surface area (Å²) in [6, 6.07) is 17.6. The van der Waals surface area contributed by atoms with Crippen LogP contribution in [-0.4, -0.2) is 36.5 Å². The smallest absolute Gasteiger partial charge is 0.315 e. The number of carbonyl (C=O) groups excluding carboxylic acids is 2. The topological polar surface area (TPSA) is 61.4 Å². The zero-order valence-corrected chi connectivity index (χ0v) is 17.9. The molecule has 5 heteroatoms. The van der Waals surface area contributed by atoms with Crippen molar-refractivity contribution in [2.45, 2.75) is 45.6 Å². The van der Waals surface area contributed by atoms with E-state index >= 15 is 0 Å². The molecule has 0 saturated carbocycles. The van der Waals surface area contributed by atoms with Crippen LogP contribution in [0.15, 0.2) is 54.6 Å². The third-order valence-corrected chi connectivity index (χ3v) is 5.90. The second-order valence-electron chi connectivity index (χ2n) is 8.14. The van der Waals surface area contributed by atoms with E-state index in [2.05, 4.69) is 10.6 Å². The summed E-state index contributed by atoms with van der Waals surface area (Å²) in [4.78, 5) is 26.6. The fourth-order valence-corrected chi connectivity index (χ4v) is 4.01. The van der Waals surface area contributed by atoms with Gasteiger partial charge in [-0.25, -0.2) is 4.79 Å². The van der Waals surface area contributed by atoms with E-state index in [1.54, 1.807) is 0 Å². The van der Waals surface area contributed by atoms with Gasteiger partial charge in [0.15, 0.2) is 0 Å². The van der Waals surface area contributed by atoms with Crippen molar-refractivity contribution in [1.82, 2.24) is 15.5 Å². The van der Waals surface area contributed by atoms with Crippen LogP contribution in [0.2, 0.25) is 0 Å². The molecule has 2 aromatic carbocycles. The molecule has 2 aromatic rings. The standard InChI is InChI=1S/C25H33N3O2/c1-20-9-5-6-13-23(20)24(29)28-17-14-21(15-18-28)10-7-8-16-26-25(30)27-19-22-11-3-2-4-12-22/h2-6,9,11-13,21H,7-8,10,14-19H2,1H3,(H2,26,27,30). The molecule has 0 spiro atoms. The van der Waals surface area contributed by atoms with Crippen LogP contribution in [0.3, 0.4) is 0 Å². The zero-order chi connectivity index (χ0) is 21.2. The maximum atomic E-state index is 12.7. The highest BCUT2D eigenvalue weighted by atomic mass is 16.2. The number of amides is 3. The Morgan fingerprint density at radius 2 is 1.63 bits per heavy atom. The molecule has 160 valence electrons. The summed E-state index contributed by atoms with van der Waals surface area (Å²) in [7, 11) is 0. The minimum absolute atomic E-state index is 0.109. The summed E-state index contributed by atoms with van der Waals surface area (Å²) >= 11 is 0. The Bertz CT molecular complexity index is 814. The minimum Gasteiger partial charge on any atom is -0.339 e. The molecular formula is C25H33N3O2. The van der Waals surface area contributed by atoms with Crippen molar-refractivity contribution in [1.29, 1.82) is 0 Å². The molecule has 0 bridgehead atoms. The van der Waals surface area contributed by atoms with Gasteiger partial charge in [0.05, 0.1) is 0 Å². The summed E-state index contributed by atoms with van der Waals surface area (Å²) in [5.74, 6) is 0.843. The number of unbranched alkanes of at least 4 members (excludes halogenated alkanes) is 1. The number of likely N-dealkylation sites (tertiary alicyclic amines) is 1. The van der Waals surface area contributed by atoms with Crippen LogP contribution >= 0.6 is 0 Å². The Kier molecular flexibility index (Phi) is 8.30. The number of benzene rings is 2. The summed E-state index contributed by atoms with van der Waals surface area (Å²) < 4.78 is 0. The number of nitrogens with one attached hydrogen (secondary N) is 2. The van der Waals surface area contributed by atoms with Gasteiger partial charge in [0.1, 0.15) is 0 Å². The van der Waals surface area contributed by atoms with Gasteiger partial charge in [0.25, 0.3) is 5.91 Å². The first kappa shape index (κ1) is 21.9. The molecule has 1 heterocycles. The summed E-state index contributed by atoms with van der Waals surface area (Å²) in [6.07, 6.45) is 5.40. The third-order valence-electron chi connectivity index (χ3n) is 5.90. The van der Waals surface area contributed by atoms with E-state index < -0.39 is 0 Å². The van der Waals surface area contributed by atoms with Gasteiger partial charge in [-0.2, -0.15) is 0 Å². The fourth-order valence-electron chi connectivity index (χ4n) is 4.01. The molecule has 0 unspecified atom stereocenters. The average Bonchev–Trinajstić information content (AvgIpc) is 2.78. The number of aryl methyl sites for hydroxylation is 1. The van der Waals surface area contributed by atoms with Crippen molar-refractivity contribution < 1.29 is 9.59 Å². The maximum absolute atomic E-state index is 12.7. The van der Waals surface area contributed by atoms with Crippen LogP contribution in [-0.2, 0) is 6.54 Å². The van der Waals surface area contributed by atoms with Gasteiger partial charge in [0, 0.05) is 31.7 Å². The highest BCUT2D eigenvalue weighted by Gasteiger charge is 2.24. The van der Waals surface area contributed by atoms with Gasteiger partial charge in [-0.05, 0) is 49.3 Å². The largest absolute Gasteiger partial charge is 0.339 e. The van der Waals surface area contributed by atoms with Crippen LogP contribution in [0.4, 0.5) is 4.79 Å². The van der Waals surface area contributed by atoms with Crippen molar-refractivity contribution >= 4 is 11.9 Å². The first-order valence-corrected chi connectivity index (χ1v) is 11.0. The lowest BCUT2D eigenvalue weighted by molar-refractivity contribution is 0.0685. The minimum atomic E-state index is -0.109. The van der Waals surface area contributed by atoms with E-state index in [9.17, 15) is 9.59 Å². The first-order chi connectivity index (χ1) is 14.6. The number of piperidine rings is 1. The van der Waals surface area contributed by atoms with Crippen molar-refractivity contribution in [3.05, 3.63) is 71.3 Å². The Balaban J connectivity index is 1.26. The van der Waals surface area contributed by atoms with E-state index in [0.29, 0.717) is 19.0 Å². The third kappa shape index (κ3) is 6.61. The molecule has 5 nitrogen and oxygen atoms in total. The quantitative estimate of drug-likeness (QED) is 0.632. The van der Waals surface area contributed by atoms with E-state index in [1.807, 2.05) is 66.4 Å². The van der Waals surface area contributed by atoms with Gasteiger partial charge >= 0.3 is 6.03 Å². The highest BCUT2D eigenvalue weighted by molar-refractivity contribution is 5.95. The molecule has 1 fully saturated rings. The lowest BCUT2D eigenvalue weighted by Crippen LogP contribution is -2.38. The van der Waals surface area contributed by atoms with Crippen LogP contribution in [0, 0.1) is 12.8 Å². The summed E-state index contributed by atoms with van der Waals surface area (Å²) in [5.41, 5.74) is 2.97. The first-order valence-electron chi connectivity index (χ1n) is 11.0. The molecule has 0 aromatic heterocycles. The fraction of sp³-hybridized carbons (Fsp3) is 0.440. The van der Waals surface area contributed by atoms with Gasteiger partial charge in [-0.3, -0.25) is 4.79 Å². The van der Waals surface area contributed by atoms with E-state index in [4.69, 9.17) is 0 Å². The average molecular weight is 408 g/mol. The van der Waals surface area contributed by atoms with Crippen LogP contribution in [0.1, 0.15) is 53.6 Å². The number of hydrogen-bond acceptors (Lipinski definition) is 2. The lowest BCUT2D eigenvalue weighted by Gasteiger charge is -2.32. The number of urea groups is 1. The normalized spacial score (nSPS) is 14.4. The highest BCUT2D eigenvalue weighted by Crippen LogP contribution is 2.24. The van der Waals surface area contributed by atoms with Crippen molar-refractivity contribution in [3.63, 3.8) is 0 Å². The Morgan fingerprint density at radius 1 is 0.933 bits per heavy atom. The number of carbonyl (C=O) groups is 2. The van der Waals surface area contributed by atoms with E-state index in [1.165, 1.54) is 6.42 Å². The molecule has 0 aliphatic carbocycles. The number of nitrogens with zero attached hydrogens (tertiary/aromatic N) is 1. The number of hydrogen-bond donors (Lipinski definition) is 2. The van der Waals surface area contributed by atoms with Crippen molar-refractivity contribution in [2.24, 2.45) is 5.92 Å². The Labute approximate surface area is 179 Å². The van der Waals surface area contributed by atoms with Gasteiger partial charge in [-0.1, -0.05) is 61.4 Å². The molecular weight excluding hydrogens is 374 g/mol. The maximum Gasteiger partial charge on any atom is 0.315 e. The van der Waals surface area contributed by atoms with Gasteiger partial charge < -0.3 is 15.5 Å². The predicted octanol–water partition coefficient (Wildman–Crippen LogP) is 4.52. The zero-order valence-electron chi connectivity index (χ0n) is 17.9. The molecule has 1 aliphatic heterocycles. The Hall–Kier alpha value is -2.82. The second kappa shape index (κ2) is 11.4. The number of rotatable bonds is 8. The molecule has 30 heavy (non-hydrogen) atoms. The van der Waals surface area contributed by atoms with Crippen LogP contribution < -0.4 is 10.6 Å². The molecule has 2 N–H and O–H groups in total. The summed E-state index contributed by atoms with van der Waals surface area (Å²) in [6.45, 7) is 4.93. The van der Waals surface area contributed by atoms with E-state index in [0.717, 1.165) is 55.5 Å². The molecule has 0 radical (unpaired) electrons. The van der Waals surface area contributed by atoms with Crippen LogP contribution in [0.5, 0.6) is 0 Å². The second-order valence-corrected chi connectivity index (χ2v) is 8.14. The van der Waals surface area contributed by atoms with Crippen molar-refractivity contribution in [2.75, 3.05) is 19.6 Å². The molecule has 3 amide bonds. The predicted molar refractivity (Wildman–Crippen MR) is 120 cm³/mol. The lowest BCUT2D eigenvalue weighted by atomic mass is 9.91. The molecule has 0 atom stereocenters. The summed E-state index contributed by atoms with van der Waals surface area (Å²) in [5, 5.41) is 5.82. The van der Waals surface area contributed by atoms with E-state index in [-0.39, 0.29) is 11.9 Å². The van der Waals surface area contributed by atoms with Gasteiger partial charge in [0.2, 0.25) is 0 Å². The molecule has 1 saturated heterocycles.